The molecule has 4 aromatic rings. The number of thiazole rings is 1. The number of carbonyl (C=O) groups excluding carboxylic acids is 1. The maximum absolute atomic E-state index is 12.9. The van der Waals surface area contributed by atoms with Crippen molar-refractivity contribution in [3.05, 3.63) is 65.9 Å². The Bertz CT molecular complexity index is 1410. The number of nitrogens with zero attached hydrogens (tertiary/aromatic N) is 1. The monoisotopic (exact) mass is 466 g/mol. The summed E-state index contributed by atoms with van der Waals surface area (Å²) < 4.78 is 68.1. The number of benzene rings is 2. The molecule has 0 radical (unpaired) electrons. The molecule has 2 heterocycles. The zero-order chi connectivity index (χ0) is 22.4. The Morgan fingerprint density at radius 3 is 2.58 bits per heavy atom. The van der Waals surface area contributed by atoms with E-state index >= 15 is 0 Å². The predicted molar refractivity (Wildman–Crippen MR) is 110 cm³/mol. The fourth-order valence-electron chi connectivity index (χ4n) is 2.81. The molecule has 0 spiro atoms. The molecule has 0 saturated heterocycles. The van der Waals surface area contributed by atoms with Crippen molar-refractivity contribution in [2.45, 2.75) is 11.1 Å². The molecule has 0 aliphatic heterocycles. The van der Waals surface area contributed by atoms with Crippen molar-refractivity contribution in [1.82, 2.24) is 4.98 Å². The van der Waals surface area contributed by atoms with Gasteiger partial charge in [-0.3, -0.25) is 10.1 Å². The Hall–Kier alpha value is -3.18. The standard InChI is InChI=1S/C20H13F3N2O4S2/c1-31(27,28)13-5-6-14-17(10-13)30-19(24-14)25-18(26)16-8-7-15(29-16)11-3-2-4-12(9-11)20(21,22)23/h2-10H,1H3,(H,24,25,26). The molecular weight excluding hydrogens is 453 g/mol. The maximum Gasteiger partial charge on any atom is 0.416 e. The number of anilines is 1. The lowest BCUT2D eigenvalue weighted by atomic mass is 10.1. The van der Waals surface area contributed by atoms with Crippen LogP contribution in [0.3, 0.4) is 0 Å². The third kappa shape index (κ3) is 4.47. The highest BCUT2D eigenvalue weighted by Crippen LogP contribution is 2.33. The second kappa shape index (κ2) is 7.50. The lowest BCUT2D eigenvalue weighted by molar-refractivity contribution is -0.137. The van der Waals surface area contributed by atoms with Crippen LogP contribution in [0.1, 0.15) is 16.1 Å². The van der Waals surface area contributed by atoms with E-state index < -0.39 is 27.5 Å². The lowest BCUT2D eigenvalue weighted by Gasteiger charge is -2.07. The second-order valence-electron chi connectivity index (χ2n) is 6.62. The minimum absolute atomic E-state index is 0.108. The number of aromatic nitrogens is 1. The van der Waals surface area contributed by atoms with Gasteiger partial charge in [-0.1, -0.05) is 23.5 Å². The summed E-state index contributed by atoms with van der Waals surface area (Å²) >= 11 is 1.08. The van der Waals surface area contributed by atoms with Gasteiger partial charge in [0, 0.05) is 11.8 Å². The molecule has 0 fully saturated rings. The number of carbonyl (C=O) groups is 1. The molecule has 2 aromatic carbocycles. The number of halogens is 3. The molecular formula is C20H13F3N2O4S2. The fourth-order valence-corrected chi connectivity index (χ4v) is 4.43. The Morgan fingerprint density at radius 2 is 1.87 bits per heavy atom. The third-order valence-corrected chi connectivity index (χ3v) is 6.36. The molecule has 6 nitrogen and oxygen atoms in total. The number of nitrogens with one attached hydrogen (secondary N) is 1. The van der Waals surface area contributed by atoms with Gasteiger partial charge in [-0.05, 0) is 42.5 Å². The van der Waals surface area contributed by atoms with Gasteiger partial charge in [-0.25, -0.2) is 13.4 Å². The first kappa shape index (κ1) is 21.1. The molecule has 0 bridgehead atoms. The van der Waals surface area contributed by atoms with Crippen molar-refractivity contribution in [2.75, 3.05) is 11.6 Å². The van der Waals surface area contributed by atoms with Crippen LogP contribution in [0.25, 0.3) is 21.5 Å². The number of amides is 1. The van der Waals surface area contributed by atoms with Crippen molar-refractivity contribution in [2.24, 2.45) is 0 Å². The zero-order valence-electron chi connectivity index (χ0n) is 15.7. The topological polar surface area (TPSA) is 89.3 Å². The van der Waals surface area contributed by atoms with Crippen LogP contribution in [-0.2, 0) is 16.0 Å². The number of rotatable bonds is 4. The molecule has 11 heteroatoms. The van der Waals surface area contributed by atoms with Crippen LogP contribution in [0, 0.1) is 0 Å². The Kier molecular flexibility index (Phi) is 5.10. The highest BCUT2D eigenvalue weighted by molar-refractivity contribution is 7.90. The summed E-state index contributed by atoms with van der Waals surface area (Å²) in [6.07, 6.45) is -3.40. The predicted octanol–water partition coefficient (Wildman–Crippen LogP) is 5.23. The fraction of sp³-hybridized carbons (Fsp3) is 0.100. The molecule has 4 rings (SSSR count). The number of alkyl halides is 3. The van der Waals surface area contributed by atoms with E-state index in [2.05, 4.69) is 10.3 Å². The highest BCUT2D eigenvalue weighted by atomic mass is 32.2. The first-order valence-corrected chi connectivity index (χ1v) is 11.4. The smallest absolute Gasteiger partial charge is 0.416 e. The normalized spacial score (nSPS) is 12.3. The van der Waals surface area contributed by atoms with Gasteiger partial charge in [0.2, 0.25) is 0 Å². The minimum Gasteiger partial charge on any atom is -0.451 e. The second-order valence-corrected chi connectivity index (χ2v) is 9.66. The average Bonchev–Trinajstić information content (AvgIpc) is 3.33. The van der Waals surface area contributed by atoms with Gasteiger partial charge in [0.15, 0.2) is 20.7 Å². The Morgan fingerprint density at radius 1 is 1.10 bits per heavy atom. The van der Waals surface area contributed by atoms with Crippen LogP contribution in [0.2, 0.25) is 0 Å². The number of sulfone groups is 1. The molecule has 31 heavy (non-hydrogen) atoms. The Balaban J connectivity index is 1.56. The van der Waals surface area contributed by atoms with Gasteiger partial charge in [0.25, 0.3) is 5.91 Å². The van der Waals surface area contributed by atoms with Gasteiger partial charge >= 0.3 is 6.18 Å². The van der Waals surface area contributed by atoms with E-state index in [1.807, 2.05) is 0 Å². The van der Waals surface area contributed by atoms with Crippen LogP contribution in [0.5, 0.6) is 0 Å². The molecule has 160 valence electrons. The summed E-state index contributed by atoms with van der Waals surface area (Å²) in [5, 5.41) is 2.78. The summed E-state index contributed by atoms with van der Waals surface area (Å²) in [4.78, 5) is 16.8. The van der Waals surface area contributed by atoms with Crippen LogP contribution in [-0.4, -0.2) is 25.6 Å². The van der Waals surface area contributed by atoms with Crippen LogP contribution in [0.4, 0.5) is 18.3 Å². The average molecular weight is 466 g/mol. The van der Waals surface area contributed by atoms with Gasteiger partial charge < -0.3 is 4.42 Å². The van der Waals surface area contributed by atoms with Crippen molar-refractivity contribution < 1.29 is 30.8 Å². The van der Waals surface area contributed by atoms with Crippen molar-refractivity contribution >= 4 is 42.4 Å². The maximum atomic E-state index is 12.9. The summed E-state index contributed by atoms with van der Waals surface area (Å²) in [6.45, 7) is 0. The molecule has 0 aliphatic rings. The molecule has 2 aromatic heterocycles. The first-order chi connectivity index (χ1) is 14.5. The SMILES string of the molecule is CS(=O)(=O)c1ccc2nc(NC(=O)c3ccc(-c4cccc(C(F)(F)F)c4)o3)sc2c1. The van der Waals surface area contributed by atoms with Gasteiger partial charge in [0.05, 0.1) is 20.7 Å². The number of hydrogen-bond acceptors (Lipinski definition) is 6. The molecule has 0 unspecified atom stereocenters. The van der Waals surface area contributed by atoms with E-state index in [0.717, 1.165) is 29.7 Å². The van der Waals surface area contributed by atoms with Gasteiger partial charge in [0.1, 0.15) is 5.76 Å². The summed E-state index contributed by atoms with van der Waals surface area (Å²) in [5.41, 5.74) is -0.130. The molecule has 1 amide bonds. The van der Waals surface area contributed by atoms with E-state index in [4.69, 9.17) is 4.42 Å². The van der Waals surface area contributed by atoms with E-state index in [1.165, 1.54) is 42.5 Å². The van der Waals surface area contributed by atoms with E-state index in [0.29, 0.717) is 10.2 Å². The number of hydrogen-bond donors (Lipinski definition) is 1. The Labute approximate surface area is 178 Å². The summed E-state index contributed by atoms with van der Waals surface area (Å²) in [7, 11) is -3.38. The van der Waals surface area contributed by atoms with E-state index in [9.17, 15) is 26.4 Å². The summed E-state index contributed by atoms with van der Waals surface area (Å²) in [6, 6.07) is 11.8. The minimum atomic E-state index is -4.49. The largest absolute Gasteiger partial charge is 0.451 e. The quantitative estimate of drug-likeness (QED) is 0.445. The van der Waals surface area contributed by atoms with Crippen LogP contribution >= 0.6 is 11.3 Å². The lowest BCUT2D eigenvalue weighted by Crippen LogP contribution is -2.10. The van der Waals surface area contributed by atoms with Crippen molar-refractivity contribution in [3.8, 4) is 11.3 Å². The zero-order valence-corrected chi connectivity index (χ0v) is 17.4. The van der Waals surface area contributed by atoms with Crippen LogP contribution in [0.15, 0.2) is 63.9 Å². The molecule has 1 N–H and O–H groups in total. The third-order valence-electron chi connectivity index (χ3n) is 4.31. The van der Waals surface area contributed by atoms with E-state index in [-0.39, 0.29) is 27.1 Å². The molecule has 0 aliphatic carbocycles. The van der Waals surface area contributed by atoms with E-state index in [1.54, 1.807) is 0 Å². The van der Waals surface area contributed by atoms with Gasteiger partial charge in [-0.2, -0.15) is 13.2 Å². The molecule has 0 atom stereocenters. The van der Waals surface area contributed by atoms with Crippen molar-refractivity contribution in [3.63, 3.8) is 0 Å². The number of furan rings is 1. The highest BCUT2D eigenvalue weighted by Gasteiger charge is 2.30. The van der Waals surface area contributed by atoms with Crippen LogP contribution < -0.4 is 5.32 Å². The van der Waals surface area contributed by atoms with Gasteiger partial charge in [-0.15, -0.1) is 0 Å². The summed E-state index contributed by atoms with van der Waals surface area (Å²) in [5.74, 6) is -0.637. The number of fused-ring (bicyclic) bond motifs is 1. The molecule has 0 saturated carbocycles. The first-order valence-electron chi connectivity index (χ1n) is 8.70. The van der Waals surface area contributed by atoms with Crippen molar-refractivity contribution in [1.29, 1.82) is 0 Å².